The fourth-order valence-corrected chi connectivity index (χ4v) is 3.51. The molecule has 1 saturated carbocycles. The van der Waals surface area contributed by atoms with Crippen LogP contribution in [0.25, 0.3) is 0 Å². The molecule has 0 aromatic heterocycles. The van der Waals surface area contributed by atoms with Gasteiger partial charge in [-0.15, -0.1) is 0 Å². The van der Waals surface area contributed by atoms with Crippen LogP contribution in [-0.4, -0.2) is 41.0 Å². The molecule has 18 heavy (non-hydrogen) atoms. The Labute approximate surface area is 107 Å². The molecule has 4 atom stereocenters. The predicted octanol–water partition coefficient (Wildman–Crippen LogP) is 0.683. The highest BCUT2D eigenvalue weighted by Crippen LogP contribution is 2.42. The summed E-state index contributed by atoms with van der Waals surface area (Å²) in [7, 11) is 0. The van der Waals surface area contributed by atoms with E-state index in [4.69, 9.17) is 5.73 Å². The highest BCUT2D eigenvalue weighted by molar-refractivity contribution is 5.86. The first kappa shape index (κ1) is 13.3. The molecule has 0 aromatic carbocycles. The van der Waals surface area contributed by atoms with Gasteiger partial charge in [-0.1, -0.05) is 13.3 Å². The summed E-state index contributed by atoms with van der Waals surface area (Å²) in [4.78, 5) is 25.3. The van der Waals surface area contributed by atoms with Gasteiger partial charge in [-0.25, -0.2) is 4.79 Å². The number of likely N-dealkylation sites (tertiary alicyclic amines) is 1. The number of fused-ring (bicyclic) bond motifs is 1. The van der Waals surface area contributed by atoms with Gasteiger partial charge >= 0.3 is 5.97 Å². The van der Waals surface area contributed by atoms with E-state index in [-0.39, 0.29) is 17.7 Å². The summed E-state index contributed by atoms with van der Waals surface area (Å²) in [5.74, 6) is -0.507. The van der Waals surface area contributed by atoms with Gasteiger partial charge in [-0.2, -0.15) is 0 Å². The zero-order chi connectivity index (χ0) is 13.3. The molecule has 1 saturated heterocycles. The Bertz CT molecular complexity index is 345. The molecular formula is C13H22N2O3. The van der Waals surface area contributed by atoms with E-state index in [0.717, 1.165) is 19.3 Å². The maximum Gasteiger partial charge on any atom is 0.326 e. The largest absolute Gasteiger partial charge is 0.480 e. The number of carbonyl (C=O) groups is 2. The molecule has 0 aromatic rings. The standard InChI is InChI=1S/C13H22N2O3/c1-8(5-6-14)12(16)15-7-9-3-2-4-10(9)11(15)13(17)18/h8-11H,2-7,14H2,1H3,(H,17,18). The maximum absolute atomic E-state index is 12.3. The maximum atomic E-state index is 12.3. The molecule has 2 aliphatic rings. The van der Waals surface area contributed by atoms with E-state index in [1.54, 1.807) is 4.90 Å². The smallest absolute Gasteiger partial charge is 0.326 e. The normalized spacial score (nSPS) is 32.3. The van der Waals surface area contributed by atoms with E-state index in [1.807, 2.05) is 6.92 Å². The number of carboxylic acids is 1. The summed E-state index contributed by atoms with van der Waals surface area (Å²) in [6.07, 6.45) is 3.72. The number of rotatable bonds is 4. The minimum Gasteiger partial charge on any atom is -0.480 e. The van der Waals surface area contributed by atoms with E-state index in [0.29, 0.717) is 25.4 Å². The second-order valence-electron chi connectivity index (χ2n) is 5.61. The van der Waals surface area contributed by atoms with Gasteiger partial charge < -0.3 is 15.7 Å². The number of hydrogen-bond acceptors (Lipinski definition) is 3. The van der Waals surface area contributed by atoms with E-state index >= 15 is 0 Å². The average molecular weight is 254 g/mol. The Morgan fingerprint density at radius 1 is 1.44 bits per heavy atom. The molecule has 4 unspecified atom stereocenters. The van der Waals surface area contributed by atoms with Crippen molar-refractivity contribution in [1.82, 2.24) is 4.90 Å². The van der Waals surface area contributed by atoms with Gasteiger partial charge in [0, 0.05) is 12.5 Å². The van der Waals surface area contributed by atoms with Crippen molar-refractivity contribution in [3.8, 4) is 0 Å². The first-order chi connectivity index (χ1) is 8.56. The molecule has 1 amide bonds. The Morgan fingerprint density at radius 2 is 2.17 bits per heavy atom. The van der Waals surface area contributed by atoms with E-state index in [2.05, 4.69) is 0 Å². The van der Waals surface area contributed by atoms with Crippen molar-refractivity contribution >= 4 is 11.9 Å². The first-order valence-electron chi connectivity index (χ1n) is 6.79. The molecular weight excluding hydrogens is 232 g/mol. The number of carbonyl (C=O) groups excluding carboxylic acids is 1. The van der Waals surface area contributed by atoms with Crippen LogP contribution in [0, 0.1) is 17.8 Å². The second kappa shape index (κ2) is 5.26. The SMILES string of the molecule is CC(CCN)C(=O)N1CC2CCCC2C1C(=O)O. The molecule has 0 spiro atoms. The van der Waals surface area contributed by atoms with Gasteiger partial charge in [0.2, 0.25) is 5.91 Å². The minimum atomic E-state index is -0.849. The van der Waals surface area contributed by atoms with Crippen LogP contribution in [0.5, 0.6) is 0 Å². The molecule has 1 aliphatic carbocycles. The molecule has 5 heteroatoms. The summed E-state index contributed by atoms with van der Waals surface area (Å²) in [5, 5.41) is 9.37. The van der Waals surface area contributed by atoms with Crippen LogP contribution in [0.1, 0.15) is 32.6 Å². The Kier molecular flexibility index (Phi) is 3.90. The number of carboxylic acid groups (broad SMARTS) is 1. The van der Waals surface area contributed by atoms with Crippen molar-refractivity contribution in [1.29, 1.82) is 0 Å². The first-order valence-corrected chi connectivity index (χ1v) is 6.79. The van der Waals surface area contributed by atoms with Crippen molar-refractivity contribution in [3.05, 3.63) is 0 Å². The lowest BCUT2D eigenvalue weighted by Crippen LogP contribution is -2.45. The summed E-state index contributed by atoms with van der Waals surface area (Å²) in [5.41, 5.74) is 5.47. The third-order valence-corrected chi connectivity index (χ3v) is 4.45. The van der Waals surface area contributed by atoms with Crippen LogP contribution in [0.2, 0.25) is 0 Å². The topological polar surface area (TPSA) is 83.6 Å². The van der Waals surface area contributed by atoms with E-state index in [9.17, 15) is 14.7 Å². The fourth-order valence-electron chi connectivity index (χ4n) is 3.51. The molecule has 3 N–H and O–H groups in total. The molecule has 5 nitrogen and oxygen atoms in total. The van der Waals surface area contributed by atoms with Crippen LogP contribution in [0.15, 0.2) is 0 Å². The van der Waals surface area contributed by atoms with Crippen molar-refractivity contribution in [3.63, 3.8) is 0 Å². The van der Waals surface area contributed by atoms with Crippen molar-refractivity contribution in [2.45, 2.75) is 38.6 Å². The summed E-state index contributed by atoms with van der Waals surface area (Å²) < 4.78 is 0. The average Bonchev–Trinajstić information content (AvgIpc) is 2.86. The molecule has 102 valence electrons. The van der Waals surface area contributed by atoms with Crippen molar-refractivity contribution in [2.75, 3.05) is 13.1 Å². The molecule has 0 bridgehead atoms. The van der Waals surface area contributed by atoms with Crippen LogP contribution >= 0.6 is 0 Å². The number of amides is 1. The predicted molar refractivity (Wildman–Crippen MR) is 66.8 cm³/mol. The lowest BCUT2D eigenvalue weighted by Gasteiger charge is -2.27. The third-order valence-electron chi connectivity index (χ3n) is 4.45. The van der Waals surface area contributed by atoms with Gasteiger partial charge in [-0.3, -0.25) is 4.79 Å². The fraction of sp³-hybridized carbons (Fsp3) is 0.846. The molecule has 2 fully saturated rings. The van der Waals surface area contributed by atoms with Crippen molar-refractivity contribution in [2.24, 2.45) is 23.5 Å². The van der Waals surface area contributed by atoms with Gasteiger partial charge in [0.05, 0.1) is 0 Å². The molecule has 0 radical (unpaired) electrons. The number of nitrogens with two attached hydrogens (primary N) is 1. The van der Waals surface area contributed by atoms with Gasteiger partial charge in [-0.05, 0) is 37.6 Å². The second-order valence-corrected chi connectivity index (χ2v) is 5.61. The lowest BCUT2D eigenvalue weighted by molar-refractivity contribution is -0.151. The minimum absolute atomic E-state index is 0.0396. The third kappa shape index (κ3) is 2.23. The van der Waals surface area contributed by atoms with Crippen LogP contribution in [0.3, 0.4) is 0 Å². The van der Waals surface area contributed by atoms with E-state index < -0.39 is 12.0 Å². The Balaban J connectivity index is 2.12. The molecule has 2 rings (SSSR count). The summed E-state index contributed by atoms with van der Waals surface area (Å²) >= 11 is 0. The number of nitrogens with zero attached hydrogens (tertiary/aromatic N) is 1. The number of hydrogen-bond donors (Lipinski definition) is 2. The van der Waals surface area contributed by atoms with Crippen LogP contribution in [-0.2, 0) is 9.59 Å². The lowest BCUT2D eigenvalue weighted by atomic mass is 9.94. The van der Waals surface area contributed by atoms with E-state index in [1.165, 1.54) is 0 Å². The van der Waals surface area contributed by atoms with Crippen molar-refractivity contribution < 1.29 is 14.7 Å². The van der Waals surface area contributed by atoms with Crippen LogP contribution < -0.4 is 5.73 Å². The van der Waals surface area contributed by atoms with Gasteiger partial charge in [0.15, 0.2) is 0 Å². The summed E-state index contributed by atoms with van der Waals surface area (Å²) in [6, 6.07) is -0.606. The Morgan fingerprint density at radius 3 is 2.78 bits per heavy atom. The van der Waals surface area contributed by atoms with Gasteiger partial charge in [0.1, 0.15) is 6.04 Å². The highest BCUT2D eigenvalue weighted by atomic mass is 16.4. The molecule has 1 heterocycles. The highest BCUT2D eigenvalue weighted by Gasteiger charge is 2.49. The zero-order valence-corrected chi connectivity index (χ0v) is 10.8. The quantitative estimate of drug-likeness (QED) is 0.773. The van der Waals surface area contributed by atoms with Gasteiger partial charge in [0.25, 0.3) is 0 Å². The monoisotopic (exact) mass is 254 g/mol. The number of aliphatic carboxylic acids is 1. The summed E-state index contributed by atoms with van der Waals surface area (Å²) in [6.45, 7) is 2.92. The molecule has 1 aliphatic heterocycles. The van der Waals surface area contributed by atoms with Crippen LogP contribution in [0.4, 0.5) is 0 Å². The zero-order valence-electron chi connectivity index (χ0n) is 10.8. The Hall–Kier alpha value is -1.10.